The second-order valence-corrected chi connectivity index (χ2v) is 5.32. The predicted molar refractivity (Wildman–Crippen MR) is 64.0 cm³/mol. The van der Waals surface area contributed by atoms with Crippen LogP contribution in [0.5, 0.6) is 0 Å². The summed E-state index contributed by atoms with van der Waals surface area (Å²) < 4.78 is 4.40. The first-order chi connectivity index (χ1) is 6.98. The van der Waals surface area contributed by atoms with Crippen LogP contribution in [0, 0.1) is 0 Å². The van der Waals surface area contributed by atoms with Gasteiger partial charge >= 0.3 is 5.97 Å². The number of carbonyl (C=O) groups is 1. The van der Waals surface area contributed by atoms with E-state index in [0.717, 1.165) is 0 Å². The summed E-state index contributed by atoms with van der Waals surface area (Å²) in [6.45, 7) is 15.4. The molecular formula is C12H26O4. The van der Waals surface area contributed by atoms with Gasteiger partial charge < -0.3 is 4.74 Å². The highest BCUT2D eigenvalue weighted by Crippen LogP contribution is 2.14. The molecule has 0 atom stereocenters. The van der Waals surface area contributed by atoms with Crippen LogP contribution in [0.15, 0.2) is 0 Å². The zero-order chi connectivity index (χ0) is 13.4. The molecule has 0 bridgehead atoms. The lowest BCUT2D eigenvalue weighted by Crippen LogP contribution is -2.27. The van der Waals surface area contributed by atoms with Crippen LogP contribution in [-0.2, 0) is 19.3 Å². The van der Waals surface area contributed by atoms with Gasteiger partial charge in [-0.05, 0) is 48.5 Å². The van der Waals surface area contributed by atoms with E-state index in [1.807, 2.05) is 41.5 Å². The van der Waals surface area contributed by atoms with E-state index in [-0.39, 0.29) is 17.2 Å². The first kappa shape index (κ1) is 17.8. The molecule has 0 aromatic rings. The molecule has 0 rings (SSSR count). The van der Waals surface area contributed by atoms with Gasteiger partial charge in [0, 0.05) is 6.92 Å². The minimum atomic E-state index is -0.215. The highest BCUT2D eigenvalue weighted by atomic mass is 17.2. The van der Waals surface area contributed by atoms with Gasteiger partial charge in [-0.2, -0.15) is 0 Å². The van der Waals surface area contributed by atoms with Crippen molar-refractivity contribution in [1.82, 2.24) is 0 Å². The Bertz CT molecular complexity index is 172. The summed E-state index contributed by atoms with van der Waals surface area (Å²) in [5, 5.41) is 0. The average Bonchev–Trinajstić information content (AvgIpc) is 1.99. The molecule has 0 fully saturated rings. The molecule has 0 aliphatic carbocycles. The molecular weight excluding hydrogens is 208 g/mol. The largest absolute Gasteiger partial charge is 0.466 e. The van der Waals surface area contributed by atoms with Gasteiger partial charge in [-0.3, -0.25) is 4.79 Å². The van der Waals surface area contributed by atoms with E-state index in [4.69, 9.17) is 9.78 Å². The summed E-state index contributed by atoms with van der Waals surface area (Å²) in [4.78, 5) is 20.0. The highest BCUT2D eigenvalue weighted by molar-refractivity contribution is 5.65. The lowest BCUT2D eigenvalue weighted by Gasteiger charge is -2.24. The number of carbonyl (C=O) groups excluding carboxylic acids is 1. The Morgan fingerprint density at radius 3 is 1.31 bits per heavy atom. The molecule has 0 unspecified atom stereocenters. The van der Waals surface area contributed by atoms with Crippen LogP contribution in [0.3, 0.4) is 0 Å². The van der Waals surface area contributed by atoms with E-state index in [0.29, 0.717) is 6.61 Å². The molecule has 0 N–H and O–H groups in total. The van der Waals surface area contributed by atoms with Crippen LogP contribution in [0.1, 0.15) is 55.4 Å². The number of esters is 1. The van der Waals surface area contributed by atoms with E-state index < -0.39 is 0 Å². The molecule has 98 valence electrons. The van der Waals surface area contributed by atoms with Gasteiger partial charge in [0.1, 0.15) is 0 Å². The zero-order valence-electron chi connectivity index (χ0n) is 11.8. The molecule has 16 heavy (non-hydrogen) atoms. The molecule has 0 saturated heterocycles. The summed E-state index contributed by atoms with van der Waals surface area (Å²) in [6, 6.07) is 0. The highest BCUT2D eigenvalue weighted by Gasteiger charge is 2.18. The Morgan fingerprint density at radius 1 is 0.938 bits per heavy atom. The summed E-state index contributed by atoms with van der Waals surface area (Å²) in [6.07, 6.45) is 0. The Hall–Kier alpha value is -0.610. The monoisotopic (exact) mass is 234 g/mol. The van der Waals surface area contributed by atoms with Crippen LogP contribution in [0.2, 0.25) is 0 Å². The van der Waals surface area contributed by atoms with Crippen molar-refractivity contribution in [3.05, 3.63) is 0 Å². The van der Waals surface area contributed by atoms with E-state index in [2.05, 4.69) is 4.74 Å². The van der Waals surface area contributed by atoms with Crippen molar-refractivity contribution in [3.63, 3.8) is 0 Å². The molecule has 0 aromatic heterocycles. The van der Waals surface area contributed by atoms with Crippen LogP contribution in [0.4, 0.5) is 0 Å². The van der Waals surface area contributed by atoms with Crippen molar-refractivity contribution < 1.29 is 19.3 Å². The number of rotatable bonds is 2. The summed E-state index contributed by atoms with van der Waals surface area (Å²) in [7, 11) is 0. The van der Waals surface area contributed by atoms with Gasteiger partial charge in [0.15, 0.2) is 0 Å². The van der Waals surface area contributed by atoms with Gasteiger partial charge in [-0.15, -0.1) is 0 Å². The van der Waals surface area contributed by atoms with Crippen molar-refractivity contribution in [2.24, 2.45) is 0 Å². The molecule has 0 amide bonds. The Kier molecular flexibility index (Phi) is 8.47. The normalized spacial score (nSPS) is 11.5. The Labute approximate surface area is 99.2 Å². The van der Waals surface area contributed by atoms with Gasteiger partial charge in [-0.25, -0.2) is 9.78 Å². The SMILES string of the molecule is CC(C)(C)OOC(C)(C)C.CCOC(C)=O. The third-order valence-electron chi connectivity index (χ3n) is 0.889. The maximum Gasteiger partial charge on any atom is 0.302 e. The van der Waals surface area contributed by atoms with Crippen molar-refractivity contribution in [1.29, 1.82) is 0 Å². The van der Waals surface area contributed by atoms with Gasteiger partial charge in [0.25, 0.3) is 0 Å². The quantitative estimate of drug-likeness (QED) is 0.418. The third-order valence-corrected chi connectivity index (χ3v) is 0.889. The van der Waals surface area contributed by atoms with Gasteiger partial charge in [0.2, 0.25) is 0 Å². The van der Waals surface area contributed by atoms with Crippen LogP contribution in [0.25, 0.3) is 0 Å². The maximum atomic E-state index is 9.82. The number of hydrogen-bond acceptors (Lipinski definition) is 4. The molecule has 0 aliphatic rings. The summed E-state index contributed by atoms with van der Waals surface area (Å²) in [5.41, 5.74) is -0.430. The molecule has 4 heteroatoms. The van der Waals surface area contributed by atoms with Crippen molar-refractivity contribution >= 4 is 5.97 Å². The minimum absolute atomic E-state index is 0.211. The van der Waals surface area contributed by atoms with E-state index in [1.165, 1.54) is 6.92 Å². The fourth-order valence-corrected chi connectivity index (χ4v) is 0.453. The third kappa shape index (κ3) is 23.3. The molecule has 0 saturated carbocycles. The van der Waals surface area contributed by atoms with E-state index >= 15 is 0 Å². The fraction of sp³-hybridized carbons (Fsp3) is 0.917. The molecule has 0 aliphatic heterocycles. The standard InChI is InChI=1S/C8H18O2.C4H8O2/c1-7(2,3)9-10-8(4,5)6;1-3-6-4(2)5/h1-6H3;3H2,1-2H3. The van der Waals surface area contributed by atoms with Crippen molar-refractivity contribution in [2.75, 3.05) is 6.61 Å². The first-order valence-corrected chi connectivity index (χ1v) is 5.48. The molecule has 0 radical (unpaired) electrons. The second-order valence-electron chi connectivity index (χ2n) is 5.32. The lowest BCUT2D eigenvalue weighted by atomic mass is 10.2. The predicted octanol–water partition coefficient (Wildman–Crippen LogP) is 3.10. The Morgan fingerprint density at radius 2 is 1.25 bits per heavy atom. The van der Waals surface area contributed by atoms with Crippen LogP contribution >= 0.6 is 0 Å². The number of hydrogen-bond donors (Lipinski definition) is 0. The average molecular weight is 234 g/mol. The lowest BCUT2D eigenvalue weighted by molar-refractivity contribution is -0.393. The van der Waals surface area contributed by atoms with Gasteiger partial charge in [0.05, 0.1) is 17.8 Å². The number of ether oxygens (including phenoxy) is 1. The summed E-state index contributed by atoms with van der Waals surface area (Å²) >= 11 is 0. The van der Waals surface area contributed by atoms with E-state index in [1.54, 1.807) is 6.92 Å². The molecule has 0 aromatic carbocycles. The zero-order valence-corrected chi connectivity index (χ0v) is 11.8. The van der Waals surface area contributed by atoms with E-state index in [9.17, 15) is 4.79 Å². The maximum absolute atomic E-state index is 9.82. The first-order valence-electron chi connectivity index (χ1n) is 5.48. The van der Waals surface area contributed by atoms with Crippen molar-refractivity contribution in [3.8, 4) is 0 Å². The molecule has 0 spiro atoms. The topological polar surface area (TPSA) is 44.8 Å². The smallest absolute Gasteiger partial charge is 0.302 e. The van der Waals surface area contributed by atoms with Crippen LogP contribution in [-0.4, -0.2) is 23.8 Å². The summed E-state index contributed by atoms with van der Waals surface area (Å²) in [5.74, 6) is -0.211. The second kappa shape index (κ2) is 7.63. The molecule has 4 nitrogen and oxygen atoms in total. The fourth-order valence-electron chi connectivity index (χ4n) is 0.453. The Balaban J connectivity index is 0. The van der Waals surface area contributed by atoms with Crippen LogP contribution < -0.4 is 0 Å². The van der Waals surface area contributed by atoms with Crippen molar-refractivity contribution in [2.45, 2.75) is 66.6 Å². The minimum Gasteiger partial charge on any atom is -0.466 e. The van der Waals surface area contributed by atoms with Gasteiger partial charge in [-0.1, -0.05) is 0 Å². The molecule has 0 heterocycles.